The summed E-state index contributed by atoms with van der Waals surface area (Å²) in [6.07, 6.45) is 6.80. The predicted octanol–water partition coefficient (Wildman–Crippen LogP) is 1.10. The Morgan fingerprint density at radius 2 is 2.40 bits per heavy atom. The van der Waals surface area contributed by atoms with Gasteiger partial charge in [-0.15, -0.1) is 0 Å². The van der Waals surface area contributed by atoms with Gasteiger partial charge in [0.1, 0.15) is 5.82 Å². The molecule has 1 aromatic heterocycles. The van der Waals surface area contributed by atoms with Crippen LogP contribution in [0.15, 0.2) is 12.4 Å². The fourth-order valence-electron chi connectivity index (χ4n) is 3.05. The van der Waals surface area contributed by atoms with Gasteiger partial charge in [0.15, 0.2) is 0 Å². The molecule has 2 saturated heterocycles. The first kappa shape index (κ1) is 13.4. The molecule has 0 spiro atoms. The van der Waals surface area contributed by atoms with Crippen LogP contribution < -0.4 is 5.32 Å². The van der Waals surface area contributed by atoms with Gasteiger partial charge in [-0.05, 0) is 19.3 Å². The fourth-order valence-corrected chi connectivity index (χ4v) is 3.05. The second-order valence-electron chi connectivity index (χ2n) is 5.69. The van der Waals surface area contributed by atoms with Gasteiger partial charge in [0.25, 0.3) is 0 Å². The molecule has 1 N–H and O–H groups in total. The van der Waals surface area contributed by atoms with Crippen molar-refractivity contribution in [3.05, 3.63) is 18.2 Å². The number of aryl methyl sites for hydroxylation is 1. The van der Waals surface area contributed by atoms with E-state index in [9.17, 15) is 4.79 Å². The van der Waals surface area contributed by atoms with Gasteiger partial charge in [-0.25, -0.2) is 9.78 Å². The third-order valence-electron chi connectivity index (χ3n) is 4.19. The van der Waals surface area contributed by atoms with E-state index in [4.69, 9.17) is 4.74 Å². The van der Waals surface area contributed by atoms with Gasteiger partial charge < -0.3 is 19.5 Å². The zero-order valence-corrected chi connectivity index (χ0v) is 11.9. The van der Waals surface area contributed by atoms with Crippen LogP contribution in [0.5, 0.6) is 0 Å². The number of hydrogen-bond donors (Lipinski definition) is 1. The van der Waals surface area contributed by atoms with Gasteiger partial charge in [-0.1, -0.05) is 0 Å². The lowest BCUT2D eigenvalue weighted by Crippen LogP contribution is -2.47. The standard InChI is InChI=1S/C14H22N4O2/c1-17-7-5-15-13(17)11-4-6-18(9-11)14(19)16-12-3-2-8-20-10-12/h5,7,11-12H,2-4,6,8-10H2,1H3,(H,16,19)/t11?,12-/m1/s1. The number of hydrogen-bond acceptors (Lipinski definition) is 3. The van der Waals surface area contributed by atoms with Crippen LogP contribution in [0.2, 0.25) is 0 Å². The Bertz CT molecular complexity index is 467. The second kappa shape index (κ2) is 5.83. The molecule has 3 rings (SSSR count). The van der Waals surface area contributed by atoms with Crippen LogP contribution >= 0.6 is 0 Å². The summed E-state index contributed by atoms with van der Waals surface area (Å²) in [5.41, 5.74) is 0. The van der Waals surface area contributed by atoms with E-state index >= 15 is 0 Å². The molecule has 0 bridgehead atoms. The lowest BCUT2D eigenvalue weighted by atomic mass is 10.1. The summed E-state index contributed by atoms with van der Waals surface area (Å²) >= 11 is 0. The molecule has 3 heterocycles. The Kier molecular flexibility index (Phi) is 3.91. The highest BCUT2D eigenvalue weighted by atomic mass is 16.5. The molecule has 2 aliphatic heterocycles. The molecular formula is C14H22N4O2. The number of carbonyl (C=O) groups is 1. The molecule has 0 aromatic carbocycles. The maximum Gasteiger partial charge on any atom is 0.317 e. The highest BCUT2D eigenvalue weighted by Gasteiger charge is 2.30. The molecule has 2 atom stereocenters. The van der Waals surface area contributed by atoms with E-state index in [1.54, 1.807) is 0 Å². The Morgan fingerprint density at radius 3 is 3.10 bits per heavy atom. The smallest absolute Gasteiger partial charge is 0.317 e. The molecule has 6 nitrogen and oxygen atoms in total. The summed E-state index contributed by atoms with van der Waals surface area (Å²) < 4.78 is 7.44. The lowest BCUT2D eigenvalue weighted by Gasteiger charge is -2.26. The number of rotatable bonds is 2. The maximum absolute atomic E-state index is 12.2. The van der Waals surface area contributed by atoms with E-state index in [0.29, 0.717) is 12.5 Å². The van der Waals surface area contributed by atoms with Gasteiger partial charge in [0, 0.05) is 45.1 Å². The molecule has 110 valence electrons. The highest BCUT2D eigenvalue weighted by molar-refractivity contribution is 5.75. The van der Waals surface area contributed by atoms with E-state index < -0.39 is 0 Å². The van der Waals surface area contributed by atoms with Crippen molar-refractivity contribution in [2.24, 2.45) is 7.05 Å². The Balaban J connectivity index is 1.54. The Labute approximate surface area is 119 Å². The van der Waals surface area contributed by atoms with Gasteiger partial charge in [0.2, 0.25) is 0 Å². The van der Waals surface area contributed by atoms with Crippen molar-refractivity contribution in [2.75, 3.05) is 26.3 Å². The monoisotopic (exact) mass is 278 g/mol. The number of likely N-dealkylation sites (tertiary alicyclic amines) is 1. The number of amides is 2. The number of ether oxygens (including phenoxy) is 1. The summed E-state index contributed by atoms with van der Waals surface area (Å²) in [6.45, 7) is 3.01. The molecular weight excluding hydrogens is 256 g/mol. The van der Waals surface area contributed by atoms with Crippen LogP contribution in [-0.4, -0.2) is 52.8 Å². The molecule has 20 heavy (non-hydrogen) atoms. The van der Waals surface area contributed by atoms with Crippen LogP contribution in [-0.2, 0) is 11.8 Å². The van der Waals surface area contributed by atoms with Crippen LogP contribution in [0.3, 0.4) is 0 Å². The minimum atomic E-state index is 0.0391. The third kappa shape index (κ3) is 2.80. The largest absolute Gasteiger partial charge is 0.379 e. The summed E-state index contributed by atoms with van der Waals surface area (Å²) in [5.74, 6) is 1.42. The molecule has 2 amide bonds. The summed E-state index contributed by atoms with van der Waals surface area (Å²) in [6, 6.07) is 0.209. The first-order valence-corrected chi connectivity index (χ1v) is 7.34. The number of aromatic nitrogens is 2. The fraction of sp³-hybridized carbons (Fsp3) is 0.714. The number of carbonyl (C=O) groups excluding carboxylic acids is 1. The van der Waals surface area contributed by atoms with E-state index in [-0.39, 0.29) is 12.1 Å². The summed E-state index contributed by atoms with van der Waals surface area (Å²) in [4.78, 5) is 18.5. The average Bonchev–Trinajstić information content (AvgIpc) is 3.08. The number of imidazole rings is 1. The van der Waals surface area contributed by atoms with Crippen LogP contribution in [0.4, 0.5) is 4.79 Å². The number of nitrogens with zero attached hydrogens (tertiary/aromatic N) is 3. The van der Waals surface area contributed by atoms with E-state index in [1.165, 1.54) is 0 Å². The average molecular weight is 278 g/mol. The summed E-state index contributed by atoms with van der Waals surface area (Å²) in [5, 5.41) is 3.08. The molecule has 2 fully saturated rings. The summed E-state index contributed by atoms with van der Waals surface area (Å²) in [7, 11) is 2.00. The topological polar surface area (TPSA) is 59.4 Å². The van der Waals surface area contributed by atoms with Gasteiger partial charge in [-0.2, -0.15) is 0 Å². The molecule has 0 aliphatic carbocycles. The Morgan fingerprint density at radius 1 is 1.50 bits per heavy atom. The zero-order chi connectivity index (χ0) is 13.9. The maximum atomic E-state index is 12.2. The van der Waals surface area contributed by atoms with Gasteiger partial charge in [0.05, 0.1) is 12.6 Å². The number of nitrogens with one attached hydrogen (secondary N) is 1. The van der Waals surface area contributed by atoms with Gasteiger partial charge >= 0.3 is 6.03 Å². The zero-order valence-electron chi connectivity index (χ0n) is 11.9. The lowest BCUT2D eigenvalue weighted by molar-refractivity contribution is 0.0712. The molecule has 6 heteroatoms. The SMILES string of the molecule is Cn1ccnc1C1CCN(C(=O)N[C@@H]2CCCOC2)C1. The van der Waals surface area contributed by atoms with Crippen molar-refractivity contribution >= 4 is 6.03 Å². The first-order chi connectivity index (χ1) is 9.74. The quantitative estimate of drug-likeness (QED) is 0.881. The van der Waals surface area contributed by atoms with Crippen LogP contribution in [0, 0.1) is 0 Å². The first-order valence-electron chi connectivity index (χ1n) is 7.34. The van der Waals surface area contributed by atoms with E-state index in [0.717, 1.165) is 44.8 Å². The highest BCUT2D eigenvalue weighted by Crippen LogP contribution is 2.25. The van der Waals surface area contributed by atoms with Crippen molar-refractivity contribution in [1.29, 1.82) is 0 Å². The molecule has 0 saturated carbocycles. The van der Waals surface area contributed by atoms with Gasteiger partial charge in [-0.3, -0.25) is 0 Å². The molecule has 0 radical (unpaired) electrons. The van der Waals surface area contributed by atoms with Crippen molar-refractivity contribution in [1.82, 2.24) is 19.8 Å². The minimum absolute atomic E-state index is 0.0391. The third-order valence-corrected chi connectivity index (χ3v) is 4.19. The van der Waals surface area contributed by atoms with E-state index in [2.05, 4.69) is 10.3 Å². The minimum Gasteiger partial charge on any atom is -0.379 e. The van der Waals surface area contributed by atoms with Crippen LogP contribution in [0.25, 0.3) is 0 Å². The van der Waals surface area contributed by atoms with E-state index in [1.807, 2.05) is 28.9 Å². The molecule has 2 aliphatic rings. The van der Waals surface area contributed by atoms with Crippen molar-refractivity contribution in [3.8, 4) is 0 Å². The van der Waals surface area contributed by atoms with Crippen molar-refractivity contribution in [3.63, 3.8) is 0 Å². The van der Waals surface area contributed by atoms with Crippen LogP contribution in [0.1, 0.15) is 31.0 Å². The normalized spacial score (nSPS) is 26.8. The number of urea groups is 1. The molecule has 1 unspecified atom stereocenters. The Hall–Kier alpha value is -1.56. The second-order valence-corrected chi connectivity index (χ2v) is 5.69. The van der Waals surface area contributed by atoms with Crippen molar-refractivity contribution < 1.29 is 9.53 Å². The van der Waals surface area contributed by atoms with Crippen molar-refractivity contribution in [2.45, 2.75) is 31.2 Å². The predicted molar refractivity (Wildman–Crippen MR) is 74.5 cm³/mol. The molecule has 1 aromatic rings.